The standard InChI is InChI=1S/C7H10N2O.ClH/c1-5(8)6-4-9-3-2-7(6)10;/h2-5H,8H2,1H3,(H,9,10);1H/t5-;/m1./s1. The Hall–Kier alpha value is -0.800. The maximum absolute atomic E-state index is 11.0. The number of aromatic nitrogens is 1. The summed E-state index contributed by atoms with van der Waals surface area (Å²) in [6.45, 7) is 1.78. The molecule has 11 heavy (non-hydrogen) atoms. The van der Waals surface area contributed by atoms with Crippen LogP contribution in [0, 0.1) is 0 Å². The van der Waals surface area contributed by atoms with Crippen molar-refractivity contribution in [3.05, 3.63) is 34.2 Å². The van der Waals surface area contributed by atoms with E-state index < -0.39 is 0 Å². The third-order valence-corrected chi connectivity index (χ3v) is 1.34. The number of aromatic amines is 1. The number of halogens is 1. The van der Waals surface area contributed by atoms with Crippen molar-refractivity contribution in [1.82, 2.24) is 4.98 Å². The first kappa shape index (κ1) is 10.2. The highest BCUT2D eigenvalue weighted by Gasteiger charge is 2.01. The molecule has 0 aliphatic carbocycles. The fourth-order valence-electron chi connectivity index (χ4n) is 0.785. The summed E-state index contributed by atoms with van der Waals surface area (Å²) >= 11 is 0. The third kappa shape index (κ3) is 2.37. The highest BCUT2D eigenvalue weighted by atomic mass is 35.5. The van der Waals surface area contributed by atoms with Crippen LogP contribution in [-0.2, 0) is 0 Å². The van der Waals surface area contributed by atoms with Gasteiger partial charge in [0.25, 0.3) is 0 Å². The van der Waals surface area contributed by atoms with Crippen LogP contribution in [0.2, 0.25) is 0 Å². The third-order valence-electron chi connectivity index (χ3n) is 1.34. The zero-order valence-corrected chi connectivity index (χ0v) is 7.02. The summed E-state index contributed by atoms with van der Waals surface area (Å²) in [6.07, 6.45) is 3.22. The van der Waals surface area contributed by atoms with Crippen LogP contribution in [0.1, 0.15) is 18.5 Å². The second kappa shape index (κ2) is 4.16. The van der Waals surface area contributed by atoms with Crippen molar-refractivity contribution in [3.8, 4) is 0 Å². The molecule has 0 fully saturated rings. The molecule has 62 valence electrons. The zero-order valence-electron chi connectivity index (χ0n) is 6.20. The Morgan fingerprint density at radius 1 is 1.64 bits per heavy atom. The summed E-state index contributed by atoms with van der Waals surface area (Å²) in [6, 6.07) is 1.28. The lowest BCUT2D eigenvalue weighted by molar-refractivity contribution is 0.803. The molecular formula is C7H11ClN2O. The van der Waals surface area contributed by atoms with Crippen LogP contribution in [0.5, 0.6) is 0 Å². The van der Waals surface area contributed by atoms with Gasteiger partial charge in [-0.3, -0.25) is 4.79 Å². The van der Waals surface area contributed by atoms with Crippen molar-refractivity contribution in [3.63, 3.8) is 0 Å². The van der Waals surface area contributed by atoms with Gasteiger partial charge in [0.1, 0.15) is 0 Å². The van der Waals surface area contributed by atoms with Gasteiger partial charge in [-0.15, -0.1) is 12.4 Å². The Bertz CT molecular complexity index is 269. The van der Waals surface area contributed by atoms with Crippen LogP contribution in [0.4, 0.5) is 0 Å². The highest BCUT2D eigenvalue weighted by Crippen LogP contribution is 1.98. The summed E-state index contributed by atoms with van der Waals surface area (Å²) < 4.78 is 0. The van der Waals surface area contributed by atoms with Gasteiger partial charge in [-0.2, -0.15) is 0 Å². The molecule has 0 aliphatic rings. The summed E-state index contributed by atoms with van der Waals surface area (Å²) in [5.41, 5.74) is 6.12. The average Bonchev–Trinajstić information content (AvgIpc) is 1.88. The quantitative estimate of drug-likeness (QED) is 0.662. The summed E-state index contributed by atoms with van der Waals surface area (Å²) in [4.78, 5) is 13.8. The van der Waals surface area contributed by atoms with Crippen LogP contribution < -0.4 is 11.2 Å². The van der Waals surface area contributed by atoms with E-state index in [9.17, 15) is 4.79 Å². The Balaban J connectivity index is 0.000001000. The lowest BCUT2D eigenvalue weighted by atomic mass is 10.1. The van der Waals surface area contributed by atoms with Gasteiger partial charge in [0.15, 0.2) is 5.43 Å². The first-order valence-corrected chi connectivity index (χ1v) is 3.14. The molecule has 0 aromatic carbocycles. The number of hydrogen-bond donors (Lipinski definition) is 2. The van der Waals surface area contributed by atoms with Gasteiger partial charge in [-0.1, -0.05) is 0 Å². The highest BCUT2D eigenvalue weighted by molar-refractivity contribution is 5.85. The van der Waals surface area contributed by atoms with Crippen LogP contribution >= 0.6 is 12.4 Å². The van der Waals surface area contributed by atoms with Gasteiger partial charge < -0.3 is 10.7 Å². The topological polar surface area (TPSA) is 58.9 Å². The fourth-order valence-corrected chi connectivity index (χ4v) is 0.785. The number of H-pyrrole nitrogens is 1. The fraction of sp³-hybridized carbons (Fsp3) is 0.286. The summed E-state index contributed by atoms with van der Waals surface area (Å²) in [5.74, 6) is 0. The summed E-state index contributed by atoms with van der Waals surface area (Å²) in [5, 5.41) is 0. The molecule has 1 rings (SSSR count). The molecule has 0 amide bonds. The van der Waals surface area contributed by atoms with E-state index >= 15 is 0 Å². The van der Waals surface area contributed by atoms with Gasteiger partial charge in [0.05, 0.1) is 0 Å². The second-order valence-electron chi connectivity index (χ2n) is 2.25. The Morgan fingerprint density at radius 2 is 2.27 bits per heavy atom. The molecule has 1 heterocycles. The molecule has 0 saturated heterocycles. The number of hydrogen-bond acceptors (Lipinski definition) is 2. The number of rotatable bonds is 1. The van der Waals surface area contributed by atoms with E-state index in [4.69, 9.17) is 5.73 Å². The summed E-state index contributed by atoms with van der Waals surface area (Å²) in [7, 11) is 0. The largest absolute Gasteiger partial charge is 0.367 e. The van der Waals surface area contributed by atoms with E-state index in [1.54, 1.807) is 19.3 Å². The minimum atomic E-state index is -0.190. The molecule has 0 bridgehead atoms. The minimum Gasteiger partial charge on any atom is -0.367 e. The number of nitrogens with two attached hydrogens (primary N) is 1. The predicted octanol–water partition coefficient (Wildman–Crippen LogP) is 0.816. The van der Waals surface area contributed by atoms with Crippen LogP contribution in [-0.4, -0.2) is 4.98 Å². The lowest BCUT2D eigenvalue weighted by Gasteiger charge is -2.01. The molecule has 0 saturated carbocycles. The molecule has 1 aromatic rings. The smallest absolute Gasteiger partial charge is 0.186 e. The Morgan fingerprint density at radius 3 is 2.64 bits per heavy atom. The van der Waals surface area contributed by atoms with Crippen molar-refractivity contribution >= 4 is 12.4 Å². The molecule has 4 heteroatoms. The monoisotopic (exact) mass is 174 g/mol. The van der Waals surface area contributed by atoms with Crippen molar-refractivity contribution in [2.45, 2.75) is 13.0 Å². The first-order chi connectivity index (χ1) is 4.72. The first-order valence-electron chi connectivity index (χ1n) is 3.14. The molecule has 1 atom stereocenters. The van der Waals surface area contributed by atoms with E-state index in [1.165, 1.54) is 6.07 Å². The van der Waals surface area contributed by atoms with Gasteiger partial charge in [-0.25, -0.2) is 0 Å². The van der Waals surface area contributed by atoms with Crippen LogP contribution in [0.15, 0.2) is 23.3 Å². The Kier molecular flexibility index (Phi) is 3.85. The van der Waals surface area contributed by atoms with Crippen LogP contribution in [0.25, 0.3) is 0 Å². The van der Waals surface area contributed by atoms with E-state index in [2.05, 4.69) is 4.98 Å². The van der Waals surface area contributed by atoms with E-state index in [1.807, 2.05) is 0 Å². The maximum Gasteiger partial charge on any atom is 0.186 e. The van der Waals surface area contributed by atoms with Gasteiger partial charge >= 0.3 is 0 Å². The van der Waals surface area contributed by atoms with Crippen LogP contribution in [0.3, 0.4) is 0 Å². The molecule has 0 unspecified atom stereocenters. The van der Waals surface area contributed by atoms with E-state index in [-0.39, 0.29) is 23.9 Å². The zero-order chi connectivity index (χ0) is 7.56. The Labute approximate surface area is 71.0 Å². The SMILES string of the molecule is C[C@@H](N)c1c[nH]ccc1=O.Cl. The number of pyridine rings is 1. The number of nitrogens with one attached hydrogen (secondary N) is 1. The normalized spacial score (nSPS) is 11.8. The van der Waals surface area contributed by atoms with Gasteiger partial charge in [0.2, 0.25) is 0 Å². The van der Waals surface area contributed by atoms with Gasteiger partial charge in [-0.05, 0) is 6.92 Å². The van der Waals surface area contributed by atoms with Crippen molar-refractivity contribution in [1.29, 1.82) is 0 Å². The molecule has 3 nitrogen and oxygen atoms in total. The minimum absolute atomic E-state index is 0. The predicted molar refractivity (Wildman–Crippen MR) is 46.9 cm³/mol. The molecule has 3 N–H and O–H groups in total. The average molecular weight is 175 g/mol. The van der Waals surface area contributed by atoms with E-state index in [0.29, 0.717) is 5.56 Å². The molecule has 0 radical (unpaired) electrons. The lowest BCUT2D eigenvalue weighted by Crippen LogP contribution is -2.16. The molecular weight excluding hydrogens is 164 g/mol. The molecule has 1 aromatic heterocycles. The van der Waals surface area contributed by atoms with Crippen molar-refractivity contribution < 1.29 is 0 Å². The molecule has 0 aliphatic heterocycles. The van der Waals surface area contributed by atoms with Crippen molar-refractivity contribution in [2.24, 2.45) is 5.73 Å². The van der Waals surface area contributed by atoms with Gasteiger partial charge in [0, 0.05) is 30.1 Å². The van der Waals surface area contributed by atoms with Crippen molar-refractivity contribution in [2.75, 3.05) is 0 Å². The maximum atomic E-state index is 11.0. The molecule has 0 spiro atoms. The van der Waals surface area contributed by atoms with E-state index in [0.717, 1.165) is 0 Å². The second-order valence-corrected chi connectivity index (χ2v) is 2.25.